The first-order valence-electron chi connectivity index (χ1n) is 22.0. The van der Waals surface area contributed by atoms with Crippen LogP contribution in [0.25, 0.3) is 102 Å². The van der Waals surface area contributed by atoms with Crippen LogP contribution in [0.5, 0.6) is 0 Å². The summed E-state index contributed by atoms with van der Waals surface area (Å²) in [6.07, 6.45) is 21.2. The molecule has 0 unspecified atom stereocenters. The van der Waals surface area contributed by atoms with Crippen LogP contribution in [0.2, 0.25) is 0 Å². The van der Waals surface area contributed by atoms with Crippen molar-refractivity contribution in [1.29, 1.82) is 0 Å². The van der Waals surface area contributed by atoms with Gasteiger partial charge in [-0.25, -0.2) is 29.9 Å². The molecule has 0 spiro atoms. The molecule has 8 heterocycles. The van der Waals surface area contributed by atoms with Crippen molar-refractivity contribution in [3.05, 3.63) is 220 Å². The standard InChI is InChI=1S/C30H20N6.C24H16N6.C2H6/c1-5-25(6-2-21(1)23-9-15-31-16-10-23)28-34-29(36-30(35-28)27-13-19-33-20-14-27)26-7-3-22(4-8-26)24-11-17-32-18-12-24;1-3-19(4-2-17(1)18-5-11-25-12-6-18)22-28-23(20-7-13-26-14-8-20)30-24(29-22)21-9-15-27-16-10-21;1-2/h1-20H;1-16H;1-2H3. The van der Waals surface area contributed by atoms with Gasteiger partial charge in [0.15, 0.2) is 34.9 Å². The molecule has 12 heteroatoms. The number of hydrogen-bond donors (Lipinski definition) is 0. The maximum absolute atomic E-state index is 4.85. The highest BCUT2D eigenvalue weighted by Crippen LogP contribution is 2.30. The highest BCUT2D eigenvalue weighted by molar-refractivity contribution is 5.73. The quantitative estimate of drug-likeness (QED) is 0.135. The molecule has 326 valence electrons. The van der Waals surface area contributed by atoms with Gasteiger partial charge in [0.1, 0.15) is 0 Å². The van der Waals surface area contributed by atoms with E-state index >= 15 is 0 Å². The topological polar surface area (TPSA) is 155 Å². The molecule has 0 atom stereocenters. The molecule has 0 saturated heterocycles. The van der Waals surface area contributed by atoms with Crippen LogP contribution in [-0.2, 0) is 0 Å². The first kappa shape index (κ1) is 43.8. The van der Waals surface area contributed by atoms with E-state index in [0.29, 0.717) is 34.9 Å². The smallest absolute Gasteiger partial charge is 0.164 e. The molecule has 0 aliphatic rings. The average Bonchev–Trinajstić information content (AvgIpc) is 3.45. The molecule has 0 aliphatic carbocycles. The van der Waals surface area contributed by atoms with Crippen LogP contribution in [0.15, 0.2) is 220 Å². The molecular formula is C56H42N12. The molecule has 0 aliphatic heterocycles. The maximum Gasteiger partial charge on any atom is 0.164 e. The molecule has 0 N–H and O–H groups in total. The summed E-state index contributed by atoms with van der Waals surface area (Å²) < 4.78 is 0. The van der Waals surface area contributed by atoms with Crippen LogP contribution in [0, 0.1) is 0 Å². The van der Waals surface area contributed by atoms with Crippen molar-refractivity contribution < 1.29 is 0 Å². The lowest BCUT2D eigenvalue weighted by Crippen LogP contribution is -2.00. The van der Waals surface area contributed by atoms with Gasteiger partial charge >= 0.3 is 0 Å². The van der Waals surface area contributed by atoms with E-state index in [2.05, 4.69) is 71.3 Å². The van der Waals surface area contributed by atoms with Gasteiger partial charge in [0.25, 0.3) is 0 Å². The number of benzene rings is 3. The first-order chi connectivity index (χ1) is 33.7. The second-order valence-corrected chi connectivity index (χ2v) is 14.8. The zero-order chi connectivity index (χ0) is 46.3. The third kappa shape index (κ3) is 10.6. The average molecular weight is 883 g/mol. The first-order valence-corrected chi connectivity index (χ1v) is 22.0. The zero-order valence-electron chi connectivity index (χ0n) is 37.2. The summed E-state index contributed by atoms with van der Waals surface area (Å²) in [5.74, 6) is 3.66. The Balaban J connectivity index is 0.000000167. The molecule has 0 radical (unpaired) electrons. The summed E-state index contributed by atoms with van der Waals surface area (Å²) in [4.78, 5) is 53.2. The molecule has 12 nitrogen and oxygen atoms in total. The highest BCUT2D eigenvalue weighted by atomic mass is 15.0. The summed E-state index contributed by atoms with van der Waals surface area (Å²) >= 11 is 0. The largest absolute Gasteiger partial charge is 0.265 e. The molecule has 0 amide bonds. The fourth-order valence-electron chi connectivity index (χ4n) is 7.10. The van der Waals surface area contributed by atoms with Crippen LogP contribution in [0.1, 0.15) is 13.8 Å². The Bertz CT molecular complexity index is 3140. The zero-order valence-corrected chi connectivity index (χ0v) is 37.2. The summed E-state index contributed by atoms with van der Waals surface area (Å²) in [5.41, 5.74) is 12.1. The van der Waals surface area contributed by atoms with Crippen molar-refractivity contribution in [3.8, 4) is 102 Å². The fourth-order valence-corrected chi connectivity index (χ4v) is 7.10. The lowest BCUT2D eigenvalue weighted by molar-refractivity contribution is 1.07. The van der Waals surface area contributed by atoms with Gasteiger partial charge in [-0.15, -0.1) is 0 Å². The lowest BCUT2D eigenvalue weighted by Gasteiger charge is -2.09. The monoisotopic (exact) mass is 882 g/mol. The van der Waals surface area contributed by atoms with Gasteiger partial charge in [0, 0.05) is 108 Å². The maximum atomic E-state index is 4.85. The van der Waals surface area contributed by atoms with Crippen molar-refractivity contribution in [2.75, 3.05) is 0 Å². The van der Waals surface area contributed by atoms with E-state index < -0.39 is 0 Å². The van der Waals surface area contributed by atoms with Gasteiger partial charge in [0.2, 0.25) is 0 Å². The summed E-state index contributed by atoms with van der Waals surface area (Å²) in [6.45, 7) is 4.00. The van der Waals surface area contributed by atoms with Gasteiger partial charge in [0.05, 0.1) is 0 Å². The third-order valence-corrected chi connectivity index (χ3v) is 10.6. The lowest BCUT2D eigenvalue weighted by atomic mass is 10.0. The number of nitrogens with zero attached hydrogens (tertiary/aromatic N) is 12. The fraction of sp³-hybridized carbons (Fsp3) is 0.0357. The van der Waals surface area contributed by atoms with Crippen LogP contribution in [-0.4, -0.2) is 59.8 Å². The van der Waals surface area contributed by atoms with Crippen LogP contribution < -0.4 is 0 Å². The Kier molecular flexibility index (Phi) is 13.9. The Morgan fingerprint density at radius 1 is 0.162 bits per heavy atom. The van der Waals surface area contributed by atoms with E-state index in [0.717, 1.165) is 66.8 Å². The molecule has 3 aromatic carbocycles. The van der Waals surface area contributed by atoms with Gasteiger partial charge in [-0.2, -0.15) is 0 Å². The van der Waals surface area contributed by atoms with Crippen molar-refractivity contribution in [3.63, 3.8) is 0 Å². The van der Waals surface area contributed by atoms with Crippen LogP contribution >= 0.6 is 0 Å². The molecule has 0 fully saturated rings. The summed E-state index contributed by atoms with van der Waals surface area (Å²) in [7, 11) is 0. The minimum Gasteiger partial charge on any atom is -0.265 e. The third-order valence-electron chi connectivity index (χ3n) is 10.6. The highest BCUT2D eigenvalue weighted by Gasteiger charge is 2.15. The van der Waals surface area contributed by atoms with E-state index in [-0.39, 0.29) is 0 Å². The predicted octanol–water partition coefficient (Wildman–Crippen LogP) is 12.1. The number of hydrogen-bond acceptors (Lipinski definition) is 12. The van der Waals surface area contributed by atoms with E-state index in [1.54, 1.807) is 74.4 Å². The van der Waals surface area contributed by atoms with Crippen LogP contribution in [0.4, 0.5) is 0 Å². The summed E-state index contributed by atoms with van der Waals surface area (Å²) in [6, 6.07) is 47.9. The van der Waals surface area contributed by atoms with Crippen LogP contribution in [0.3, 0.4) is 0 Å². The molecule has 8 aromatic heterocycles. The second-order valence-electron chi connectivity index (χ2n) is 14.8. The van der Waals surface area contributed by atoms with E-state index in [1.807, 2.05) is 123 Å². The van der Waals surface area contributed by atoms with E-state index in [9.17, 15) is 0 Å². The number of rotatable bonds is 9. The van der Waals surface area contributed by atoms with E-state index in [1.165, 1.54) is 0 Å². The van der Waals surface area contributed by atoms with Gasteiger partial charge in [-0.05, 0) is 106 Å². The SMILES string of the molecule is CC.c1cc(-c2ccc(-c3nc(-c4ccncc4)nc(-c4ccc(-c5ccncc5)cc4)n3)cc2)ccn1.c1cc(-c2ccc(-c3nc(-c4ccncc4)nc(-c4ccncc4)n3)cc2)ccn1. The van der Waals surface area contributed by atoms with Crippen molar-refractivity contribution in [2.45, 2.75) is 13.8 Å². The molecule has 68 heavy (non-hydrogen) atoms. The Morgan fingerprint density at radius 3 is 0.456 bits per heavy atom. The second kappa shape index (κ2) is 21.5. The van der Waals surface area contributed by atoms with Gasteiger partial charge < -0.3 is 0 Å². The molecule has 11 rings (SSSR count). The van der Waals surface area contributed by atoms with Crippen molar-refractivity contribution in [2.24, 2.45) is 0 Å². The summed E-state index contributed by atoms with van der Waals surface area (Å²) in [5, 5.41) is 0. The molecular weight excluding hydrogens is 841 g/mol. The van der Waals surface area contributed by atoms with Gasteiger partial charge in [-0.1, -0.05) is 86.6 Å². The Hall–Kier alpha value is -9.42. The van der Waals surface area contributed by atoms with E-state index in [4.69, 9.17) is 24.9 Å². The molecule has 0 bridgehead atoms. The minimum absolute atomic E-state index is 0.604. The Morgan fingerprint density at radius 2 is 0.279 bits per heavy atom. The Labute approximate surface area is 393 Å². The van der Waals surface area contributed by atoms with Gasteiger partial charge in [-0.3, -0.25) is 29.9 Å². The van der Waals surface area contributed by atoms with Crippen molar-refractivity contribution >= 4 is 0 Å². The number of pyridine rings is 6. The predicted molar refractivity (Wildman–Crippen MR) is 267 cm³/mol. The molecule has 0 saturated carbocycles. The molecule has 11 aromatic rings. The van der Waals surface area contributed by atoms with Crippen molar-refractivity contribution in [1.82, 2.24) is 59.8 Å². The number of aromatic nitrogens is 12. The minimum atomic E-state index is 0.604. The normalized spacial score (nSPS) is 10.5.